The topological polar surface area (TPSA) is 46.1 Å². The third-order valence-electron chi connectivity index (χ3n) is 3.43. The Morgan fingerprint density at radius 1 is 1.21 bits per heavy atom. The van der Waals surface area contributed by atoms with Crippen molar-refractivity contribution in [3.63, 3.8) is 0 Å². The molecule has 3 rings (SSSR count). The van der Waals surface area contributed by atoms with E-state index in [9.17, 15) is 10.1 Å². The van der Waals surface area contributed by atoms with Crippen molar-refractivity contribution in [2.45, 2.75) is 13.0 Å². The maximum atomic E-state index is 10.6. The summed E-state index contributed by atoms with van der Waals surface area (Å²) in [4.78, 5) is 12.5. The van der Waals surface area contributed by atoms with Crippen LogP contribution in [0.2, 0.25) is 0 Å². The lowest BCUT2D eigenvalue weighted by Crippen LogP contribution is -1.95. The number of nitrogens with zero attached hydrogens (tertiary/aromatic N) is 2. The number of non-ortho nitro benzene ring substituents is 1. The standard InChI is InChI=1S/C15H14N2O2/c1-11-3-2-4-14(9-11)16-10-15(16)12-5-7-13(8-6-12)17(18)19/h2-9,15H,10H2,1H3/t15-,16?/m1/s1. The molecule has 1 aliphatic rings. The van der Waals surface area contributed by atoms with Gasteiger partial charge in [0.1, 0.15) is 0 Å². The van der Waals surface area contributed by atoms with Gasteiger partial charge in [-0.2, -0.15) is 0 Å². The zero-order valence-electron chi connectivity index (χ0n) is 10.6. The highest BCUT2D eigenvalue weighted by Gasteiger charge is 2.35. The second kappa shape index (κ2) is 4.39. The Labute approximate surface area is 111 Å². The van der Waals surface area contributed by atoms with Gasteiger partial charge in [-0.05, 0) is 30.2 Å². The molecule has 0 bridgehead atoms. The summed E-state index contributed by atoms with van der Waals surface area (Å²) in [6.45, 7) is 3.05. The molecule has 0 spiro atoms. The number of nitro groups is 1. The van der Waals surface area contributed by atoms with Crippen molar-refractivity contribution in [3.05, 3.63) is 69.8 Å². The van der Waals surface area contributed by atoms with Crippen LogP contribution >= 0.6 is 0 Å². The van der Waals surface area contributed by atoms with Gasteiger partial charge in [0.2, 0.25) is 0 Å². The molecule has 2 aromatic carbocycles. The molecule has 96 valence electrons. The van der Waals surface area contributed by atoms with Crippen molar-refractivity contribution in [2.75, 3.05) is 11.4 Å². The molecule has 0 saturated carbocycles. The quantitative estimate of drug-likeness (QED) is 0.478. The summed E-state index contributed by atoms with van der Waals surface area (Å²) < 4.78 is 0. The molecule has 1 heterocycles. The van der Waals surface area contributed by atoms with Gasteiger partial charge < -0.3 is 4.90 Å². The van der Waals surface area contributed by atoms with Crippen molar-refractivity contribution >= 4 is 11.4 Å². The predicted octanol–water partition coefficient (Wildman–Crippen LogP) is 3.46. The number of hydrogen-bond donors (Lipinski definition) is 0. The highest BCUT2D eigenvalue weighted by Crippen LogP contribution is 2.40. The summed E-state index contributed by atoms with van der Waals surface area (Å²) in [5.74, 6) is 0. The molecule has 0 N–H and O–H groups in total. The van der Waals surface area contributed by atoms with E-state index in [1.165, 1.54) is 11.3 Å². The van der Waals surface area contributed by atoms with Crippen LogP contribution in [0.1, 0.15) is 17.2 Å². The minimum atomic E-state index is -0.366. The smallest absolute Gasteiger partial charge is 0.269 e. The van der Waals surface area contributed by atoms with Crippen LogP contribution < -0.4 is 4.90 Å². The molecule has 0 unspecified atom stereocenters. The Bertz CT molecular complexity index is 622. The van der Waals surface area contributed by atoms with E-state index in [1.54, 1.807) is 12.1 Å². The maximum absolute atomic E-state index is 10.6. The lowest BCUT2D eigenvalue weighted by Gasteiger charge is -2.06. The second-order valence-electron chi connectivity index (χ2n) is 4.86. The SMILES string of the molecule is Cc1cccc(N2C[C@@H]2c2ccc([N+](=O)[O-])cc2)c1. The second-order valence-corrected chi connectivity index (χ2v) is 4.86. The van der Waals surface area contributed by atoms with E-state index in [0.29, 0.717) is 6.04 Å². The van der Waals surface area contributed by atoms with Crippen LogP contribution in [0, 0.1) is 17.0 Å². The summed E-state index contributed by atoms with van der Waals surface area (Å²) in [6.07, 6.45) is 0. The molecule has 1 aliphatic heterocycles. The van der Waals surface area contributed by atoms with E-state index in [-0.39, 0.29) is 10.6 Å². The van der Waals surface area contributed by atoms with Gasteiger partial charge in [0.25, 0.3) is 5.69 Å². The number of rotatable bonds is 3. The number of anilines is 1. The van der Waals surface area contributed by atoms with Crippen molar-refractivity contribution in [2.24, 2.45) is 0 Å². The van der Waals surface area contributed by atoms with E-state index in [2.05, 4.69) is 36.1 Å². The van der Waals surface area contributed by atoms with Crippen LogP contribution in [0.4, 0.5) is 11.4 Å². The number of nitro benzene ring substituents is 1. The zero-order chi connectivity index (χ0) is 13.4. The molecular weight excluding hydrogens is 240 g/mol. The van der Waals surface area contributed by atoms with Crippen LogP contribution in [0.3, 0.4) is 0 Å². The molecule has 2 aromatic rings. The molecule has 4 nitrogen and oxygen atoms in total. The maximum Gasteiger partial charge on any atom is 0.269 e. The fraction of sp³-hybridized carbons (Fsp3) is 0.200. The predicted molar refractivity (Wildman–Crippen MR) is 74.4 cm³/mol. The molecule has 0 radical (unpaired) electrons. The molecule has 1 atom stereocenters. The number of hydrogen-bond acceptors (Lipinski definition) is 3. The third kappa shape index (κ3) is 2.29. The largest absolute Gasteiger partial charge is 0.360 e. The minimum Gasteiger partial charge on any atom is -0.360 e. The van der Waals surface area contributed by atoms with Crippen LogP contribution in [-0.4, -0.2) is 11.5 Å². The van der Waals surface area contributed by atoms with E-state index >= 15 is 0 Å². The van der Waals surface area contributed by atoms with Crippen molar-refractivity contribution in [1.82, 2.24) is 0 Å². The average Bonchev–Trinajstić information content (AvgIpc) is 3.19. The molecule has 0 aliphatic carbocycles. The summed E-state index contributed by atoms with van der Waals surface area (Å²) >= 11 is 0. The molecule has 1 saturated heterocycles. The summed E-state index contributed by atoms with van der Waals surface area (Å²) in [7, 11) is 0. The Balaban J connectivity index is 1.77. The minimum absolute atomic E-state index is 0.145. The molecule has 0 amide bonds. The van der Waals surface area contributed by atoms with Crippen LogP contribution in [0.25, 0.3) is 0 Å². The Hall–Kier alpha value is -2.36. The van der Waals surface area contributed by atoms with Crippen LogP contribution in [0.5, 0.6) is 0 Å². The van der Waals surface area contributed by atoms with Crippen LogP contribution in [0.15, 0.2) is 48.5 Å². The Kier molecular flexibility index (Phi) is 2.71. The first-order valence-corrected chi connectivity index (χ1v) is 6.23. The van der Waals surface area contributed by atoms with Crippen molar-refractivity contribution < 1.29 is 4.92 Å². The molecule has 19 heavy (non-hydrogen) atoms. The van der Waals surface area contributed by atoms with Gasteiger partial charge in [0.05, 0.1) is 11.0 Å². The van der Waals surface area contributed by atoms with Crippen molar-refractivity contribution in [1.29, 1.82) is 0 Å². The third-order valence-corrected chi connectivity index (χ3v) is 3.43. The van der Waals surface area contributed by atoms with Gasteiger partial charge in [-0.15, -0.1) is 0 Å². The van der Waals surface area contributed by atoms with E-state index in [4.69, 9.17) is 0 Å². The number of benzene rings is 2. The van der Waals surface area contributed by atoms with E-state index in [0.717, 1.165) is 12.1 Å². The van der Waals surface area contributed by atoms with Gasteiger partial charge in [-0.3, -0.25) is 10.1 Å². The summed E-state index contributed by atoms with van der Waals surface area (Å²) in [5.41, 5.74) is 3.73. The molecular formula is C15H14N2O2. The van der Waals surface area contributed by atoms with Crippen molar-refractivity contribution in [3.8, 4) is 0 Å². The highest BCUT2D eigenvalue weighted by atomic mass is 16.6. The van der Waals surface area contributed by atoms with Gasteiger partial charge in [-0.25, -0.2) is 0 Å². The summed E-state index contributed by atoms with van der Waals surface area (Å²) in [6, 6.07) is 15.6. The fourth-order valence-corrected chi connectivity index (χ4v) is 2.33. The van der Waals surface area contributed by atoms with Gasteiger partial charge in [-0.1, -0.05) is 24.3 Å². The average molecular weight is 254 g/mol. The first-order chi connectivity index (χ1) is 9.15. The fourth-order valence-electron chi connectivity index (χ4n) is 2.33. The highest BCUT2D eigenvalue weighted by molar-refractivity contribution is 5.57. The molecule has 0 aromatic heterocycles. The normalized spacial score (nSPS) is 17.3. The monoisotopic (exact) mass is 254 g/mol. The van der Waals surface area contributed by atoms with Gasteiger partial charge in [0.15, 0.2) is 0 Å². The van der Waals surface area contributed by atoms with Gasteiger partial charge in [0, 0.05) is 24.4 Å². The lowest BCUT2D eigenvalue weighted by molar-refractivity contribution is -0.384. The Morgan fingerprint density at radius 2 is 1.95 bits per heavy atom. The van der Waals surface area contributed by atoms with Crippen LogP contribution in [-0.2, 0) is 0 Å². The molecule has 1 fully saturated rings. The number of aryl methyl sites for hydroxylation is 1. The molecule has 4 heteroatoms. The first-order valence-electron chi connectivity index (χ1n) is 6.23. The Morgan fingerprint density at radius 3 is 2.58 bits per heavy atom. The van der Waals surface area contributed by atoms with E-state index < -0.39 is 0 Å². The summed E-state index contributed by atoms with van der Waals surface area (Å²) in [5, 5.41) is 10.6. The lowest BCUT2D eigenvalue weighted by atomic mass is 10.1. The zero-order valence-corrected chi connectivity index (χ0v) is 10.6. The first kappa shape index (κ1) is 11.7. The van der Waals surface area contributed by atoms with Gasteiger partial charge >= 0.3 is 0 Å². The van der Waals surface area contributed by atoms with E-state index in [1.807, 2.05) is 12.1 Å².